The lowest BCUT2D eigenvalue weighted by Gasteiger charge is -2.25. The van der Waals surface area contributed by atoms with Gasteiger partial charge in [0.15, 0.2) is 0 Å². The van der Waals surface area contributed by atoms with Crippen molar-refractivity contribution >= 4 is 0 Å². The molecule has 0 spiro atoms. The number of nitrogens with two attached hydrogens (primary N) is 1. The van der Waals surface area contributed by atoms with Crippen LogP contribution in [0.2, 0.25) is 0 Å². The highest BCUT2D eigenvalue weighted by atomic mass is 16.8. The lowest BCUT2D eigenvalue weighted by atomic mass is 10.1. The maximum absolute atomic E-state index is 9.14. The van der Waals surface area contributed by atoms with Gasteiger partial charge in [-0.1, -0.05) is 160 Å². The van der Waals surface area contributed by atoms with Crippen molar-refractivity contribution < 1.29 is 10.4 Å². The van der Waals surface area contributed by atoms with Crippen molar-refractivity contribution in [2.45, 2.75) is 194 Å². The molecule has 0 rings (SSSR count). The standard InChI is InChI=1S/C38H82N4O2/c1-3-5-7-9-11-13-15-17-19-21-23-25-32-40(36-29-31-39)34-27-28-35-41(37-30-38-42(43)44)33-26-24-22-20-18-16-14-12-10-8-6-4-2/h43-44H,3-39H2,1-2H3. The van der Waals surface area contributed by atoms with E-state index in [1.165, 1.54) is 180 Å². The minimum Gasteiger partial charge on any atom is -0.330 e. The fourth-order valence-corrected chi connectivity index (χ4v) is 6.45. The smallest absolute Gasteiger partial charge is 0.0525 e. The minimum absolute atomic E-state index is 0.320. The topological polar surface area (TPSA) is 76.2 Å². The summed E-state index contributed by atoms with van der Waals surface area (Å²) in [7, 11) is 0. The Hall–Kier alpha value is -0.240. The summed E-state index contributed by atoms with van der Waals surface area (Å²) < 4.78 is 0. The van der Waals surface area contributed by atoms with Gasteiger partial charge in [0.1, 0.15) is 0 Å². The van der Waals surface area contributed by atoms with E-state index in [-0.39, 0.29) is 0 Å². The number of nitrogens with zero attached hydrogens (tertiary/aromatic N) is 3. The van der Waals surface area contributed by atoms with Crippen LogP contribution in [0, 0.1) is 0 Å². The molecule has 266 valence electrons. The Kier molecular flexibility index (Phi) is 37.0. The molecule has 0 aromatic heterocycles. The summed E-state index contributed by atoms with van der Waals surface area (Å²) in [6.07, 6.45) is 37.8. The molecular weight excluding hydrogens is 544 g/mol. The minimum atomic E-state index is 0.320. The molecule has 0 radical (unpaired) electrons. The van der Waals surface area contributed by atoms with Gasteiger partial charge in [-0.05, 0) is 84.3 Å². The molecule has 0 aliphatic rings. The first-order valence-corrected chi connectivity index (χ1v) is 19.9. The number of rotatable bonds is 38. The highest BCUT2D eigenvalue weighted by Gasteiger charge is 2.08. The van der Waals surface area contributed by atoms with E-state index in [1.54, 1.807) is 0 Å². The quantitative estimate of drug-likeness (QED) is 0.0467. The Labute approximate surface area is 276 Å². The van der Waals surface area contributed by atoms with Crippen molar-refractivity contribution in [2.24, 2.45) is 5.73 Å². The van der Waals surface area contributed by atoms with E-state index in [2.05, 4.69) is 23.6 Å². The first-order valence-electron chi connectivity index (χ1n) is 19.9. The third-order valence-corrected chi connectivity index (χ3v) is 9.37. The van der Waals surface area contributed by atoms with Gasteiger partial charge in [-0.3, -0.25) is 10.4 Å². The van der Waals surface area contributed by atoms with E-state index in [0.717, 1.165) is 45.6 Å². The van der Waals surface area contributed by atoms with Crippen LogP contribution in [0.3, 0.4) is 0 Å². The normalized spacial score (nSPS) is 12.0. The van der Waals surface area contributed by atoms with Gasteiger partial charge in [0.2, 0.25) is 0 Å². The van der Waals surface area contributed by atoms with E-state index >= 15 is 0 Å². The van der Waals surface area contributed by atoms with Crippen LogP contribution in [0.25, 0.3) is 0 Å². The Morgan fingerprint density at radius 1 is 0.318 bits per heavy atom. The Morgan fingerprint density at radius 2 is 0.568 bits per heavy atom. The van der Waals surface area contributed by atoms with Crippen molar-refractivity contribution in [1.82, 2.24) is 15.0 Å². The summed E-state index contributed by atoms with van der Waals surface area (Å²) in [4.78, 5) is 5.23. The summed E-state index contributed by atoms with van der Waals surface area (Å²) >= 11 is 0. The van der Waals surface area contributed by atoms with Crippen molar-refractivity contribution in [3.63, 3.8) is 0 Å². The molecule has 0 aromatic carbocycles. The zero-order chi connectivity index (χ0) is 32.2. The molecule has 6 heteroatoms. The Bertz CT molecular complexity index is 523. The third-order valence-electron chi connectivity index (χ3n) is 9.37. The molecule has 0 aliphatic heterocycles. The second-order valence-corrected chi connectivity index (χ2v) is 13.8. The number of hydrogen-bond acceptors (Lipinski definition) is 6. The molecule has 0 saturated heterocycles. The van der Waals surface area contributed by atoms with Crippen LogP contribution in [-0.4, -0.2) is 77.8 Å². The van der Waals surface area contributed by atoms with Gasteiger partial charge in [0.25, 0.3) is 0 Å². The molecule has 0 bridgehead atoms. The largest absolute Gasteiger partial charge is 0.330 e. The molecule has 0 heterocycles. The van der Waals surface area contributed by atoms with Crippen LogP contribution in [0.1, 0.15) is 194 Å². The van der Waals surface area contributed by atoms with E-state index in [4.69, 9.17) is 16.1 Å². The number of unbranched alkanes of at least 4 members (excludes halogenated alkanes) is 23. The molecule has 0 amide bonds. The molecule has 6 nitrogen and oxygen atoms in total. The summed E-state index contributed by atoms with van der Waals surface area (Å²) in [6.45, 7) is 12.5. The van der Waals surface area contributed by atoms with Crippen molar-refractivity contribution in [2.75, 3.05) is 52.4 Å². The number of hydroxylamine groups is 2. The molecular formula is C38H82N4O2. The highest BCUT2D eigenvalue weighted by Crippen LogP contribution is 2.14. The predicted molar refractivity (Wildman–Crippen MR) is 193 cm³/mol. The molecule has 4 N–H and O–H groups in total. The van der Waals surface area contributed by atoms with Gasteiger partial charge in [0, 0.05) is 0 Å². The van der Waals surface area contributed by atoms with Crippen molar-refractivity contribution in [1.29, 1.82) is 0 Å². The summed E-state index contributed by atoms with van der Waals surface area (Å²) in [6, 6.07) is 0. The summed E-state index contributed by atoms with van der Waals surface area (Å²) in [5, 5.41) is 18.6. The average Bonchev–Trinajstić information content (AvgIpc) is 3.01. The van der Waals surface area contributed by atoms with Gasteiger partial charge in [-0.25, -0.2) is 0 Å². The monoisotopic (exact) mass is 627 g/mol. The van der Waals surface area contributed by atoms with Gasteiger partial charge in [-0.2, -0.15) is 0 Å². The zero-order valence-electron chi connectivity index (χ0n) is 30.3. The lowest BCUT2D eigenvalue weighted by Crippen LogP contribution is -2.31. The lowest BCUT2D eigenvalue weighted by molar-refractivity contribution is -0.307. The SMILES string of the molecule is CCCCCCCCCCCCCCN(CCCN)CCCCN(CCCCCCCCCCCCCC)CCCN(O)O. The molecule has 44 heavy (non-hydrogen) atoms. The molecule has 0 aliphatic carbocycles. The predicted octanol–water partition coefficient (Wildman–Crippen LogP) is 10.6. The van der Waals surface area contributed by atoms with Gasteiger partial charge in [-0.15, -0.1) is 0 Å². The molecule has 0 fully saturated rings. The summed E-state index contributed by atoms with van der Waals surface area (Å²) in [5.74, 6) is 0. The van der Waals surface area contributed by atoms with Crippen molar-refractivity contribution in [3.05, 3.63) is 0 Å². The van der Waals surface area contributed by atoms with Crippen LogP contribution < -0.4 is 5.73 Å². The van der Waals surface area contributed by atoms with Crippen LogP contribution in [0.15, 0.2) is 0 Å². The van der Waals surface area contributed by atoms with Crippen LogP contribution in [0.5, 0.6) is 0 Å². The van der Waals surface area contributed by atoms with Crippen LogP contribution in [0.4, 0.5) is 0 Å². The maximum Gasteiger partial charge on any atom is 0.0525 e. The van der Waals surface area contributed by atoms with E-state index in [1.807, 2.05) is 0 Å². The highest BCUT2D eigenvalue weighted by molar-refractivity contribution is 4.64. The molecule has 0 atom stereocenters. The molecule has 0 saturated carbocycles. The third kappa shape index (κ3) is 34.6. The van der Waals surface area contributed by atoms with E-state index in [9.17, 15) is 0 Å². The molecule has 0 aromatic rings. The zero-order valence-corrected chi connectivity index (χ0v) is 30.3. The number of hydrogen-bond donors (Lipinski definition) is 3. The van der Waals surface area contributed by atoms with E-state index < -0.39 is 0 Å². The maximum atomic E-state index is 9.14. The Balaban J connectivity index is 4.05. The first-order chi connectivity index (χ1) is 21.6. The van der Waals surface area contributed by atoms with Gasteiger partial charge in [0.05, 0.1) is 6.54 Å². The second-order valence-electron chi connectivity index (χ2n) is 13.8. The average molecular weight is 627 g/mol. The van der Waals surface area contributed by atoms with Crippen LogP contribution >= 0.6 is 0 Å². The fourth-order valence-electron chi connectivity index (χ4n) is 6.45. The second kappa shape index (κ2) is 37.2. The first kappa shape index (κ1) is 43.8. The van der Waals surface area contributed by atoms with Gasteiger partial charge >= 0.3 is 0 Å². The van der Waals surface area contributed by atoms with Crippen LogP contribution in [-0.2, 0) is 0 Å². The van der Waals surface area contributed by atoms with Crippen molar-refractivity contribution in [3.8, 4) is 0 Å². The fraction of sp³-hybridized carbons (Fsp3) is 1.00. The summed E-state index contributed by atoms with van der Waals surface area (Å²) in [5.41, 5.74) is 5.85. The van der Waals surface area contributed by atoms with Gasteiger partial charge < -0.3 is 15.5 Å². The van der Waals surface area contributed by atoms with E-state index in [0.29, 0.717) is 11.8 Å². The Morgan fingerprint density at radius 3 is 0.864 bits per heavy atom. The molecule has 0 unspecified atom stereocenters.